The van der Waals surface area contributed by atoms with Crippen LogP contribution in [-0.4, -0.2) is 7.28 Å². The first-order valence-electron chi connectivity index (χ1n) is 4.80. The molecule has 1 heteroatoms. The van der Waals surface area contributed by atoms with Crippen LogP contribution in [-0.2, 0) is 0 Å². The Hall–Kier alpha value is 0.0649. The van der Waals surface area contributed by atoms with E-state index in [9.17, 15) is 0 Å². The molecular weight excluding hydrogens is 119 g/mol. The van der Waals surface area contributed by atoms with E-state index in [2.05, 4.69) is 7.28 Å². The third-order valence-electron chi connectivity index (χ3n) is 3.22. The second kappa shape index (κ2) is 2.98. The molecule has 0 bridgehead atoms. The van der Waals surface area contributed by atoms with Crippen LogP contribution in [0.4, 0.5) is 0 Å². The van der Waals surface area contributed by atoms with Gasteiger partial charge in [0.1, 0.15) is 7.28 Å². The molecule has 0 amide bonds. The van der Waals surface area contributed by atoms with Gasteiger partial charge in [-0.2, -0.15) is 0 Å². The quantitative estimate of drug-likeness (QED) is 0.448. The Morgan fingerprint density at radius 1 is 0.900 bits per heavy atom. The molecule has 0 aromatic rings. The van der Waals surface area contributed by atoms with Crippen LogP contribution in [0.5, 0.6) is 0 Å². The van der Waals surface area contributed by atoms with Crippen molar-refractivity contribution in [1.29, 1.82) is 0 Å². The van der Waals surface area contributed by atoms with Crippen molar-refractivity contribution in [3.8, 4) is 0 Å². The minimum atomic E-state index is 1.03. The first kappa shape index (κ1) is 6.76. The maximum Gasteiger partial charge on any atom is 0.113 e. The van der Waals surface area contributed by atoms with Gasteiger partial charge in [0.25, 0.3) is 0 Å². The van der Waals surface area contributed by atoms with E-state index in [0.717, 1.165) is 11.7 Å². The van der Waals surface area contributed by atoms with Crippen LogP contribution in [0, 0.1) is 5.92 Å². The average molecular weight is 135 g/mol. The van der Waals surface area contributed by atoms with E-state index < -0.39 is 0 Å². The van der Waals surface area contributed by atoms with Gasteiger partial charge in [-0.3, -0.25) is 0 Å². The molecule has 0 spiro atoms. The minimum absolute atomic E-state index is 1.03. The fourth-order valence-corrected chi connectivity index (χ4v) is 2.62. The van der Waals surface area contributed by atoms with Gasteiger partial charge in [0.05, 0.1) is 0 Å². The highest BCUT2D eigenvalue weighted by Gasteiger charge is 2.27. The molecule has 1 saturated carbocycles. The number of hydrogen-bond donors (Lipinski definition) is 0. The second-order valence-corrected chi connectivity index (χ2v) is 3.87. The van der Waals surface area contributed by atoms with Crippen molar-refractivity contribution in [2.24, 2.45) is 5.92 Å². The first-order valence-corrected chi connectivity index (χ1v) is 4.80. The monoisotopic (exact) mass is 135 g/mol. The normalized spacial score (nSPS) is 40.0. The lowest BCUT2D eigenvalue weighted by Gasteiger charge is -2.34. The zero-order valence-corrected chi connectivity index (χ0v) is 6.68. The van der Waals surface area contributed by atoms with Gasteiger partial charge in [0.2, 0.25) is 0 Å². The first-order chi connectivity index (χ1) is 4.97. The topological polar surface area (TPSA) is 0 Å². The molecule has 1 heterocycles. The lowest BCUT2D eigenvalue weighted by Crippen LogP contribution is -2.23. The van der Waals surface area contributed by atoms with Crippen molar-refractivity contribution in [2.75, 3.05) is 0 Å². The molecule has 2 atom stereocenters. The van der Waals surface area contributed by atoms with E-state index in [-0.39, 0.29) is 0 Å². The molecule has 2 aliphatic rings. The van der Waals surface area contributed by atoms with Gasteiger partial charge in [0.15, 0.2) is 0 Å². The fraction of sp³-hybridized carbons (Fsp3) is 1.00. The lowest BCUT2D eigenvalue weighted by atomic mass is 9.48. The molecule has 55 valence electrons. The number of hydrogen-bond acceptors (Lipinski definition) is 0. The molecule has 10 heavy (non-hydrogen) atoms. The molecule has 1 aliphatic heterocycles. The summed E-state index contributed by atoms with van der Waals surface area (Å²) in [4.78, 5) is 0. The van der Waals surface area contributed by atoms with Crippen LogP contribution in [0.1, 0.15) is 38.5 Å². The third-order valence-corrected chi connectivity index (χ3v) is 3.22. The van der Waals surface area contributed by atoms with Crippen molar-refractivity contribution in [2.45, 2.75) is 50.7 Å². The van der Waals surface area contributed by atoms with Crippen LogP contribution in [0.25, 0.3) is 0 Å². The van der Waals surface area contributed by atoms with E-state index in [4.69, 9.17) is 0 Å². The molecule has 2 rings (SSSR count). The highest BCUT2D eigenvalue weighted by molar-refractivity contribution is 6.38. The van der Waals surface area contributed by atoms with E-state index in [1.807, 2.05) is 0 Å². The van der Waals surface area contributed by atoms with Crippen molar-refractivity contribution in [3.05, 3.63) is 0 Å². The Bertz CT molecular complexity index is 85.3. The van der Waals surface area contributed by atoms with Gasteiger partial charge in [0, 0.05) is 0 Å². The van der Waals surface area contributed by atoms with E-state index in [0.29, 0.717) is 0 Å². The SMILES string of the molecule is [B]1CCCC2CCCCC12. The van der Waals surface area contributed by atoms with E-state index in [1.54, 1.807) is 0 Å². The fourth-order valence-electron chi connectivity index (χ4n) is 2.62. The Labute approximate surface area is 64.6 Å². The highest BCUT2D eigenvalue weighted by Crippen LogP contribution is 2.40. The van der Waals surface area contributed by atoms with E-state index >= 15 is 0 Å². The van der Waals surface area contributed by atoms with Gasteiger partial charge in [-0.1, -0.05) is 50.7 Å². The van der Waals surface area contributed by atoms with Crippen LogP contribution in [0.15, 0.2) is 0 Å². The second-order valence-electron chi connectivity index (χ2n) is 3.87. The molecule has 1 saturated heterocycles. The Balaban J connectivity index is 1.93. The molecule has 2 fully saturated rings. The minimum Gasteiger partial charge on any atom is -0.0799 e. The summed E-state index contributed by atoms with van der Waals surface area (Å²) >= 11 is 0. The predicted octanol–water partition coefficient (Wildman–Crippen LogP) is 2.88. The summed E-state index contributed by atoms with van der Waals surface area (Å²) in [6, 6.07) is 0. The van der Waals surface area contributed by atoms with Crippen LogP contribution in [0.2, 0.25) is 12.1 Å². The van der Waals surface area contributed by atoms with Crippen molar-refractivity contribution in [3.63, 3.8) is 0 Å². The summed E-state index contributed by atoms with van der Waals surface area (Å²) in [5.74, 6) is 2.13. The van der Waals surface area contributed by atoms with Crippen LogP contribution in [0.3, 0.4) is 0 Å². The average Bonchev–Trinajstić information content (AvgIpc) is 2.05. The van der Waals surface area contributed by atoms with Crippen LogP contribution >= 0.6 is 0 Å². The zero-order valence-electron chi connectivity index (χ0n) is 6.68. The Morgan fingerprint density at radius 2 is 1.70 bits per heavy atom. The van der Waals surface area contributed by atoms with Gasteiger partial charge in [-0.15, -0.1) is 0 Å². The number of fused-ring (bicyclic) bond motifs is 1. The largest absolute Gasteiger partial charge is 0.113 e. The van der Waals surface area contributed by atoms with Crippen molar-refractivity contribution < 1.29 is 0 Å². The summed E-state index contributed by atoms with van der Waals surface area (Å²) in [6.45, 7) is 0. The third kappa shape index (κ3) is 1.23. The van der Waals surface area contributed by atoms with Crippen molar-refractivity contribution in [1.82, 2.24) is 0 Å². The van der Waals surface area contributed by atoms with E-state index in [1.165, 1.54) is 44.8 Å². The summed E-state index contributed by atoms with van der Waals surface area (Å²) in [5.41, 5.74) is 0. The molecule has 0 N–H and O–H groups in total. The smallest absolute Gasteiger partial charge is 0.0799 e. The lowest BCUT2D eigenvalue weighted by molar-refractivity contribution is 0.322. The van der Waals surface area contributed by atoms with Gasteiger partial charge < -0.3 is 0 Å². The van der Waals surface area contributed by atoms with Gasteiger partial charge >= 0.3 is 0 Å². The number of rotatable bonds is 0. The summed E-state index contributed by atoms with van der Waals surface area (Å²) in [7, 11) is 2.59. The van der Waals surface area contributed by atoms with Gasteiger partial charge in [-0.05, 0) is 5.92 Å². The predicted molar refractivity (Wildman–Crippen MR) is 45.5 cm³/mol. The molecule has 0 aromatic heterocycles. The summed E-state index contributed by atoms with van der Waals surface area (Å²) in [5, 5.41) is 0. The highest BCUT2D eigenvalue weighted by atomic mass is 14.3. The molecule has 0 nitrogen and oxygen atoms in total. The van der Waals surface area contributed by atoms with Gasteiger partial charge in [-0.25, -0.2) is 0 Å². The molecule has 0 aromatic carbocycles. The summed E-state index contributed by atoms with van der Waals surface area (Å²) in [6.07, 6.45) is 10.4. The van der Waals surface area contributed by atoms with Crippen molar-refractivity contribution >= 4 is 7.28 Å². The molecule has 1 radical (unpaired) electrons. The Morgan fingerprint density at radius 3 is 2.60 bits per heavy atom. The molecule has 2 unspecified atom stereocenters. The summed E-state index contributed by atoms with van der Waals surface area (Å²) < 4.78 is 0. The zero-order chi connectivity index (χ0) is 6.81. The van der Waals surface area contributed by atoms with Crippen LogP contribution < -0.4 is 0 Å². The molecular formula is C9H16B. The molecule has 1 aliphatic carbocycles. The Kier molecular flexibility index (Phi) is 2.01. The standard InChI is InChI=1S/C9H16B/c1-2-6-9-8(4-1)5-3-7-10-9/h8-9H,1-7H2. The maximum absolute atomic E-state index is 2.59. The maximum atomic E-state index is 2.59.